The lowest BCUT2D eigenvalue weighted by atomic mass is 9.90. The van der Waals surface area contributed by atoms with E-state index in [4.69, 9.17) is 5.11 Å². The van der Waals surface area contributed by atoms with Gasteiger partial charge in [-0.2, -0.15) is 0 Å². The van der Waals surface area contributed by atoms with Crippen LogP contribution in [-0.4, -0.2) is 39.3 Å². The molecule has 0 spiro atoms. The molecular formula is C22H32O5. The van der Waals surface area contributed by atoms with Gasteiger partial charge in [-0.3, -0.25) is 9.59 Å². The Bertz CT molecular complexity index is 573. The third-order valence-corrected chi connectivity index (χ3v) is 4.60. The highest BCUT2D eigenvalue weighted by molar-refractivity contribution is 5.86. The van der Waals surface area contributed by atoms with E-state index >= 15 is 0 Å². The molecule has 0 saturated heterocycles. The second-order valence-corrected chi connectivity index (χ2v) is 6.84. The first-order chi connectivity index (χ1) is 13.0. The average molecular weight is 376 g/mol. The molecule has 3 N–H and O–H groups in total. The van der Waals surface area contributed by atoms with E-state index in [1.807, 2.05) is 18.2 Å². The van der Waals surface area contributed by atoms with Crippen LogP contribution >= 0.6 is 0 Å². The van der Waals surface area contributed by atoms with Gasteiger partial charge in [0.1, 0.15) is 5.78 Å². The van der Waals surface area contributed by atoms with Crippen LogP contribution in [0.1, 0.15) is 51.9 Å². The second kappa shape index (κ2) is 13.2. The largest absolute Gasteiger partial charge is 0.481 e. The van der Waals surface area contributed by atoms with Gasteiger partial charge in [0.15, 0.2) is 0 Å². The molecule has 5 heteroatoms. The monoisotopic (exact) mass is 376 g/mol. The third-order valence-electron chi connectivity index (χ3n) is 4.60. The summed E-state index contributed by atoms with van der Waals surface area (Å²) < 4.78 is 0. The lowest BCUT2D eigenvalue weighted by Gasteiger charge is -2.16. The topological polar surface area (TPSA) is 94.8 Å². The van der Waals surface area contributed by atoms with Crippen LogP contribution in [0.2, 0.25) is 0 Å². The number of aliphatic hydroxyl groups excluding tert-OH is 2. The Morgan fingerprint density at radius 3 is 2.63 bits per heavy atom. The van der Waals surface area contributed by atoms with Gasteiger partial charge in [-0.05, 0) is 32.1 Å². The first kappa shape index (κ1) is 23.1. The number of rotatable bonds is 12. The standard InChI is InChI=1S/C22H32O5/c1-2-3-4-5-6-8-11-17(23)14-15-19-18(20(24)16-21(19)25)12-9-7-10-13-22(26)27/h3-4,6-9,14-15,17-20,23-24H,2,5,10-13,16H2,1H3,(H,26,27)/b4-3-,8-6-,9-7-,15-14+/t17-,18+,19-,20+/m1/s1. The van der Waals surface area contributed by atoms with Crippen molar-refractivity contribution >= 4 is 11.8 Å². The summed E-state index contributed by atoms with van der Waals surface area (Å²) in [6.45, 7) is 2.08. The van der Waals surface area contributed by atoms with E-state index in [-0.39, 0.29) is 24.5 Å². The zero-order valence-electron chi connectivity index (χ0n) is 16.0. The van der Waals surface area contributed by atoms with Crippen LogP contribution < -0.4 is 0 Å². The van der Waals surface area contributed by atoms with Crippen LogP contribution in [-0.2, 0) is 9.59 Å². The van der Waals surface area contributed by atoms with E-state index in [2.05, 4.69) is 19.1 Å². The average Bonchev–Trinajstić information content (AvgIpc) is 2.88. The highest BCUT2D eigenvalue weighted by Gasteiger charge is 2.39. The molecule has 1 aliphatic rings. The maximum atomic E-state index is 12.1. The van der Waals surface area contributed by atoms with E-state index < -0.39 is 24.1 Å². The number of carboxylic acids is 1. The van der Waals surface area contributed by atoms with Crippen molar-refractivity contribution in [2.24, 2.45) is 11.8 Å². The maximum Gasteiger partial charge on any atom is 0.303 e. The van der Waals surface area contributed by atoms with E-state index in [1.54, 1.807) is 18.2 Å². The molecule has 1 saturated carbocycles. The molecule has 27 heavy (non-hydrogen) atoms. The maximum absolute atomic E-state index is 12.1. The fourth-order valence-electron chi connectivity index (χ4n) is 3.10. The van der Waals surface area contributed by atoms with Gasteiger partial charge in [-0.15, -0.1) is 0 Å². The fourth-order valence-corrected chi connectivity index (χ4v) is 3.10. The fraction of sp³-hybridized carbons (Fsp3) is 0.545. The number of hydrogen-bond acceptors (Lipinski definition) is 4. The summed E-state index contributed by atoms with van der Waals surface area (Å²) in [7, 11) is 0. The molecular weight excluding hydrogens is 344 g/mol. The Morgan fingerprint density at radius 1 is 1.19 bits per heavy atom. The Labute approximate surface area is 161 Å². The molecule has 1 fully saturated rings. The molecule has 5 nitrogen and oxygen atoms in total. The first-order valence-electron chi connectivity index (χ1n) is 9.69. The summed E-state index contributed by atoms with van der Waals surface area (Å²) in [5, 5.41) is 28.8. The number of ketones is 1. The number of aliphatic hydroxyl groups is 2. The quantitative estimate of drug-likeness (QED) is 0.453. The van der Waals surface area contributed by atoms with Crippen molar-refractivity contribution in [3.8, 4) is 0 Å². The van der Waals surface area contributed by atoms with Crippen molar-refractivity contribution in [1.82, 2.24) is 0 Å². The minimum absolute atomic E-state index is 0.0184. The van der Waals surface area contributed by atoms with Crippen LogP contribution in [0.4, 0.5) is 0 Å². The van der Waals surface area contributed by atoms with E-state index in [0.717, 1.165) is 12.8 Å². The SMILES string of the molecule is CC/C=C\C/C=C\C[C@@H](O)/C=C/[C@H]1C(=O)C[C@H](O)[C@H]1C/C=C\CCC(=O)O. The molecule has 0 aromatic rings. The van der Waals surface area contributed by atoms with Gasteiger partial charge in [-0.1, -0.05) is 55.5 Å². The molecule has 0 aromatic heterocycles. The third kappa shape index (κ3) is 9.50. The first-order valence-corrected chi connectivity index (χ1v) is 9.69. The summed E-state index contributed by atoms with van der Waals surface area (Å²) in [5.41, 5.74) is 0. The van der Waals surface area contributed by atoms with E-state index in [0.29, 0.717) is 19.3 Å². The Balaban J connectivity index is 2.50. The summed E-state index contributed by atoms with van der Waals surface area (Å²) in [4.78, 5) is 22.6. The minimum atomic E-state index is -0.846. The van der Waals surface area contributed by atoms with Gasteiger partial charge in [0.25, 0.3) is 0 Å². The highest BCUT2D eigenvalue weighted by Crippen LogP contribution is 2.33. The normalized spacial score (nSPS) is 24.9. The lowest BCUT2D eigenvalue weighted by molar-refractivity contribution is -0.136. The molecule has 1 rings (SSSR count). The lowest BCUT2D eigenvalue weighted by Crippen LogP contribution is -2.19. The number of allylic oxidation sites excluding steroid dienone is 6. The molecule has 0 unspecified atom stereocenters. The highest BCUT2D eigenvalue weighted by atomic mass is 16.4. The summed E-state index contributed by atoms with van der Waals surface area (Å²) in [6.07, 6.45) is 17.2. The van der Waals surface area contributed by atoms with Crippen LogP contribution in [0, 0.1) is 11.8 Å². The minimum Gasteiger partial charge on any atom is -0.481 e. The van der Waals surface area contributed by atoms with Crippen molar-refractivity contribution < 1.29 is 24.9 Å². The van der Waals surface area contributed by atoms with Gasteiger partial charge in [-0.25, -0.2) is 0 Å². The summed E-state index contributed by atoms with van der Waals surface area (Å²) in [5.74, 6) is -1.50. The number of carboxylic acid groups (broad SMARTS) is 1. The Hall–Kier alpha value is -1.98. The molecule has 0 aromatic carbocycles. The van der Waals surface area contributed by atoms with Gasteiger partial charge >= 0.3 is 5.97 Å². The predicted molar refractivity (Wildman–Crippen MR) is 106 cm³/mol. The molecule has 0 radical (unpaired) electrons. The molecule has 0 heterocycles. The number of carbonyl (C=O) groups is 2. The van der Waals surface area contributed by atoms with Crippen molar-refractivity contribution in [1.29, 1.82) is 0 Å². The van der Waals surface area contributed by atoms with Crippen LogP contribution in [0.25, 0.3) is 0 Å². The molecule has 0 amide bonds. The Kier molecular flexibility index (Phi) is 11.3. The Morgan fingerprint density at radius 2 is 1.93 bits per heavy atom. The van der Waals surface area contributed by atoms with Crippen molar-refractivity contribution in [2.75, 3.05) is 0 Å². The second-order valence-electron chi connectivity index (χ2n) is 6.84. The van der Waals surface area contributed by atoms with Crippen LogP contribution in [0.5, 0.6) is 0 Å². The van der Waals surface area contributed by atoms with E-state index in [1.165, 1.54) is 0 Å². The molecule has 150 valence electrons. The summed E-state index contributed by atoms with van der Waals surface area (Å²) >= 11 is 0. The smallest absolute Gasteiger partial charge is 0.303 e. The zero-order chi connectivity index (χ0) is 20.1. The van der Waals surface area contributed by atoms with Gasteiger partial charge in [0.05, 0.1) is 12.2 Å². The van der Waals surface area contributed by atoms with E-state index in [9.17, 15) is 19.8 Å². The predicted octanol–water partition coefficient (Wildman–Crippen LogP) is 3.58. The number of aliphatic carboxylic acids is 1. The van der Waals surface area contributed by atoms with Crippen molar-refractivity contribution in [3.05, 3.63) is 48.6 Å². The van der Waals surface area contributed by atoms with Gasteiger partial charge in [0, 0.05) is 24.7 Å². The molecule has 0 aliphatic heterocycles. The van der Waals surface area contributed by atoms with Crippen molar-refractivity contribution in [2.45, 2.75) is 64.1 Å². The van der Waals surface area contributed by atoms with Crippen LogP contribution in [0.3, 0.4) is 0 Å². The molecule has 1 aliphatic carbocycles. The van der Waals surface area contributed by atoms with Crippen LogP contribution in [0.15, 0.2) is 48.6 Å². The van der Waals surface area contributed by atoms with Gasteiger partial charge in [0.2, 0.25) is 0 Å². The molecule has 4 atom stereocenters. The zero-order valence-corrected chi connectivity index (χ0v) is 16.0. The van der Waals surface area contributed by atoms with Gasteiger partial charge < -0.3 is 15.3 Å². The van der Waals surface area contributed by atoms with Crippen molar-refractivity contribution in [3.63, 3.8) is 0 Å². The number of hydrogen-bond donors (Lipinski definition) is 3. The number of Topliss-reactive ketones (excluding diaryl/α,β-unsaturated/α-hetero) is 1. The number of carbonyl (C=O) groups excluding carboxylic acids is 1. The summed E-state index contributed by atoms with van der Waals surface area (Å²) in [6, 6.07) is 0. The molecule has 0 bridgehead atoms.